The van der Waals surface area contributed by atoms with Crippen molar-refractivity contribution in [2.24, 2.45) is 5.73 Å². The summed E-state index contributed by atoms with van der Waals surface area (Å²) in [5.74, 6) is 2.77. The van der Waals surface area contributed by atoms with E-state index in [1.165, 1.54) is 0 Å². The van der Waals surface area contributed by atoms with Crippen molar-refractivity contribution in [1.29, 1.82) is 0 Å². The zero-order chi connectivity index (χ0) is 16.8. The molecule has 0 amide bonds. The molecular weight excluding hydrogens is 294 g/mol. The van der Waals surface area contributed by atoms with Gasteiger partial charge >= 0.3 is 0 Å². The Morgan fingerprint density at radius 1 is 0.739 bits per heavy atom. The zero-order valence-electron chi connectivity index (χ0n) is 14.0. The summed E-state index contributed by atoms with van der Waals surface area (Å²) in [6.07, 6.45) is 0.676. The van der Waals surface area contributed by atoms with E-state index in [1.807, 2.05) is 36.4 Å². The monoisotopic (exact) mass is 317 g/mol. The normalized spacial score (nSPS) is 11.7. The maximum absolute atomic E-state index is 6.34. The highest BCUT2D eigenvalue weighted by Gasteiger charge is 2.13. The van der Waals surface area contributed by atoms with Gasteiger partial charge in [0.05, 0.1) is 28.4 Å². The molecule has 5 nitrogen and oxygen atoms in total. The molecule has 0 spiro atoms. The van der Waals surface area contributed by atoms with Crippen LogP contribution in [0.15, 0.2) is 36.4 Å². The summed E-state index contributed by atoms with van der Waals surface area (Å²) in [6.45, 7) is 0. The first-order chi connectivity index (χ1) is 11.1. The number of hydrogen-bond acceptors (Lipinski definition) is 5. The Bertz CT molecular complexity index is 657. The van der Waals surface area contributed by atoms with Crippen LogP contribution in [-0.4, -0.2) is 28.4 Å². The van der Waals surface area contributed by atoms with Gasteiger partial charge in [-0.3, -0.25) is 0 Å². The highest BCUT2D eigenvalue weighted by Crippen LogP contribution is 2.32. The number of hydrogen-bond donors (Lipinski definition) is 1. The number of benzene rings is 2. The average molecular weight is 317 g/mol. The molecule has 0 aliphatic heterocycles. The molecule has 5 heteroatoms. The first-order valence-electron chi connectivity index (χ1n) is 7.31. The zero-order valence-corrected chi connectivity index (χ0v) is 14.0. The van der Waals surface area contributed by atoms with Gasteiger partial charge in [0.15, 0.2) is 23.0 Å². The first-order valence-corrected chi connectivity index (χ1v) is 7.31. The van der Waals surface area contributed by atoms with Gasteiger partial charge in [-0.1, -0.05) is 12.1 Å². The smallest absolute Gasteiger partial charge is 0.161 e. The Labute approximate surface area is 136 Å². The van der Waals surface area contributed by atoms with Gasteiger partial charge in [-0.2, -0.15) is 0 Å². The van der Waals surface area contributed by atoms with Gasteiger partial charge in [-0.15, -0.1) is 0 Å². The third kappa shape index (κ3) is 3.87. The number of rotatable bonds is 7. The van der Waals surface area contributed by atoms with Crippen molar-refractivity contribution < 1.29 is 18.9 Å². The fourth-order valence-corrected chi connectivity index (χ4v) is 2.46. The van der Waals surface area contributed by atoms with Gasteiger partial charge in [-0.25, -0.2) is 0 Å². The van der Waals surface area contributed by atoms with E-state index in [2.05, 4.69) is 0 Å². The minimum atomic E-state index is -0.159. The molecule has 0 fully saturated rings. The Balaban J connectivity index is 2.20. The lowest BCUT2D eigenvalue weighted by Gasteiger charge is -2.16. The summed E-state index contributed by atoms with van der Waals surface area (Å²) in [7, 11) is 6.46. The predicted octanol–water partition coefficient (Wildman–Crippen LogP) is 2.96. The summed E-state index contributed by atoms with van der Waals surface area (Å²) in [4.78, 5) is 0. The molecule has 124 valence electrons. The molecule has 0 saturated heterocycles. The van der Waals surface area contributed by atoms with Gasteiger partial charge in [-0.05, 0) is 41.8 Å². The van der Waals surface area contributed by atoms with Crippen LogP contribution in [0.4, 0.5) is 0 Å². The summed E-state index contributed by atoms with van der Waals surface area (Å²) in [5, 5.41) is 0. The lowest BCUT2D eigenvalue weighted by atomic mass is 9.99. The molecule has 23 heavy (non-hydrogen) atoms. The van der Waals surface area contributed by atoms with Crippen LogP contribution in [0.25, 0.3) is 0 Å². The van der Waals surface area contributed by atoms with E-state index >= 15 is 0 Å². The number of nitrogens with two attached hydrogens (primary N) is 1. The topological polar surface area (TPSA) is 62.9 Å². The van der Waals surface area contributed by atoms with Gasteiger partial charge in [0.25, 0.3) is 0 Å². The molecule has 0 heterocycles. The van der Waals surface area contributed by atoms with E-state index in [-0.39, 0.29) is 6.04 Å². The highest BCUT2D eigenvalue weighted by atomic mass is 16.5. The van der Waals surface area contributed by atoms with E-state index in [1.54, 1.807) is 28.4 Å². The van der Waals surface area contributed by atoms with E-state index in [0.29, 0.717) is 29.4 Å². The van der Waals surface area contributed by atoms with Crippen LogP contribution in [0, 0.1) is 0 Å². The van der Waals surface area contributed by atoms with E-state index in [0.717, 1.165) is 11.1 Å². The summed E-state index contributed by atoms with van der Waals surface area (Å²) in [5.41, 5.74) is 8.39. The number of methoxy groups -OCH3 is 4. The molecule has 0 unspecified atom stereocenters. The quantitative estimate of drug-likeness (QED) is 0.850. The highest BCUT2D eigenvalue weighted by molar-refractivity contribution is 5.45. The molecule has 2 aromatic carbocycles. The fraction of sp³-hybridized carbons (Fsp3) is 0.333. The largest absolute Gasteiger partial charge is 0.493 e. The van der Waals surface area contributed by atoms with Crippen LogP contribution >= 0.6 is 0 Å². The standard InChI is InChI=1S/C18H23NO4/c1-20-15-7-5-12(10-17(15)22-3)9-14(19)13-6-8-16(21-2)18(11-13)23-4/h5-8,10-11,14H,9,19H2,1-4H3/t14-/m0/s1. The Kier molecular flexibility index (Phi) is 5.71. The molecule has 0 aliphatic carbocycles. The fourth-order valence-electron chi connectivity index (χ4n) is 2.46. The molecule has 0 radical (unpaired) electrons. The molecule has 1 atom stereocenters. The van der Waals surface area contributed by atoms with Crippen molar-refractivity contribution in [3.05, 3.63) is 47.5 Å². The van der Waals surface area contributed by atoms with Gasteiger partial charge < -0.3 is 24.7 Å². The third-order valence-corrected chi connectivity index (χ3v) is 3.74. The Morgan fingerprint density at radius 3 is 1.83 bits per heavy atom. The summed E-state index contributed by atoms with van der Waals surface area (Å²) in [6, 6.07) is 11.4. The summed E-state index contributed by atoms with van der Waals surface area (Å²) < 4.78 is 21.2. The summed E-state index contributed by atoms with van der Waals surface area (Å²) >= 11 is 0. The van der Waals surface area contributed by atoms with E-state index < -0.39 is 0 Å². The minimum absolute atomic E-state index is 0.159. The van der Waals surface area contributed by atoms with Crippen LogP contribution in [0.1, 0.15) is 17.2 Å². The van der Waals surface area contributed by atoms with Crippen molar-refractivity contribution >= 4 is 0 Å². The van der Waals surface area contributed by atoms with Crippen molar-refractivity contribution in [3.63, 3.8) is 0 Å². The van der Waals surface area contributed by atoms with Crippen LogP contribution in [0.2, 0.25) is 0 Å². The Hall–Kier alpha value is -2.40. The predicted molar refractivity (Wildman–Crippen MR) is 89.7 cm³/mol. The van der Waals surface area contributed by atoms with Gasteiger partial charge in [0.2, 0.25) is 0 Å². The maximum atomic E-state index is 6.34. The molecule has 2 aromatic rings. The second-order valence-corrected chi connectivity index (χ2v) is 5.11. The van der Waals surface area contributed by atoms with Crippen LogP contribution in [-0.2, 0) is 6.42 Å². The van der Waals surface area contributed by atoms with Crippen molar-refractivity contribution in [2.45, 2.75) is 12.5 Å². The van der Waals surface area contributed by atoms with Crippen molar-refractivity contribution in [3.8, 4) is 23.0 Å². The van der Waals surface area contributed by atoms with Gasteiger partial charge in [0, 0.05) is 6.04 Å². The number of ether oxygens (including phenoxy) is 4. The molecule has 0 saturated carbocycles. The lowest BCUT2D eigenvalue weighted by Crippen LogP contribution is -2.13. The second-order valence-electron chi connectivity index (χ2n) is 5.11. The van der Waals surface area contributed by atoms with Crippen LogP contribution < -0.4 is 24.7 Å². The Morgan fingerprint density at radius 2 is 1.26 bits per heavy atom. The molecule has 2 N–H and O–H groups in total. The molecule has 0 aliphatic rings. The molecule has 2 rings (SSSR count). The second kappa shape index (κ2) is 7.74. The van der Waals surface area contributed by atoms with Crippen molar-refractivity contribution in [1.82, 2.24) is 0 Å². The SMILES string of the molecule is COc1ccc(C[C@H](N)c2ccc(OC)c(OC)c2)cc1OC. The molecule has 0 aromatic heterocycles. The van der Waals surface area contributed by atoms with Crippen LogP contribution in [0.3, 0.4) is 0 Å². The van der Waals surface area contributed by atoms with Gasteiger partial charge in [0.1, 0.15) is 0 Å². The van der Waals surface area contributed by atoms with Crippen LogP contribution in [0.5, 0.6) is 23.0 Å². The third-order valence-electron chi connectivity index (χ3n) is 3.74. The first kappa shape index (κ1) is 17.0. The minimum Gasteiger partial charge on any atom is -0.493 e. The average Bonchev–Trinajstić information content (AvgIpc) is 2.60. The molecular formula is C18H23NO4. The molecule has 0 bridgehead atoms. The van der Waals surface area contributed by atoms with E-state index in [4.69, 9.17) is 24.7 Å². The van der Waals surface area contributed by atoms with E-state index in [9.17, 15) is 0 Å². The maximum Gasteiger partial charge on any atom is 0.161 e. The lowest BCUT2D eigenvalue weighted by molar-refractivity contribution is 0.354. The van der Waals surface area contributed by atoms with Crippen molar-refractivity contribution in [2.75, 3.05) is 28.4 Å².